The minimum absolute atomic E-state index is 0.131. The fourth-order valence-corrected chi connectivity index (χ4v) is 5.10. The Hall–Kier alpha value is 0.596. The van der Waals surface area contributed by atoms with E-state index in [-0.39, 0.29) is 22.9 Å². The zero-order chi connectivity index (χ0) is 8.74. The summed E-state index contributed by atoms with van der Waals surface area (Å²) in [5.41, 5.74) is 6.03. The molecule has 0 fully saturated rings. The van der Waals surface area contributed by atoms with Gasteiger partial charge in [-0.25, -0.2) is 0 Å². The maximum atomic E-state index is 5.90. The molecule has 0 unspecified atom stereocenters. The van der Waals surface area contributed by atoms with Crippen LogP contribution < -0.4 is 5.73 Å². The third kappa shape index (κ3) is 10.6. The fourth-order valence-electron chi connectivity index (χ4n) is 1.18. The minimum atomic E-state index is -0.235. The van der Waals surface area contributed by atoms with Gasteiger partial charge in [0.2, 0.25) is 0 Å². The molecule has 0 heterocycles. The molecular formula is C9H22GaN. The Morgan fingerprint density at radius 3 is 2.36 bits per heavy atom. The molecule has 0 rings (SSSR count). The van der Waals surface area contributed by atoms with Gasteiger partial charge in [-0.3, -0.25) is 0 Å². The van der Waals surface area contributed by atoms with Crippen molar-refractivity contribution in [2.24, 2.45) is 5.73 Å². The average molecular weight is 214 g/mol. The molecule has 0 saturated heterocycles. The second-order valence-corrected chi connectivity index (χ2v) is 8.17. The van der Waals surface area contributed by atoms with Crippen LogP contribution >= 0.6 is 0 Å². The van der Waals surface area contributed by atoms with Crippen LogP contribution in [0.1, 0.15) is 40.0 Å². The first kappa shape index (κ1) is 11.6. The van der Waals surface area contributed by atoms with E-state index in [9.17, 15) is 0 Å². The van der Waals surface area contributed by atoms with E-state index >= 15 is 0 Å². The van der Waals surface area contributed by atoms with E-state index in [2.05, 4.69) is 20.8 Å². The summed E-state index contributed by atoms with van der Waals surface area (Å²) in [4.78, 5) is 2.89. The molecular weight excluding hydrogens is 192 g/mol. The predicted octanol–water partition coefficient (Wildman–Crippen LogP) is 2.19. The molecule has 0 aromatic carbocycles. The summed E-state index contributed by atoms with van der Waals surface area (Å²) in [5.74, 6) is 0. The monoisotopic (exact) mass is 213 g/mol. The number of nitrogens with two attached hydrogens (primary N) is 1. The molecule has 0 radical (unpaired) electrons. The van der Waals surface area contributed by atoms with Crippen LogP contribution in [0.25, 0.3) is 0 Å². The molecule has 0 bridgehead atoms. The van der Waals surface area contributed by atoms with E-state index in [0.717, 1.165) is 0 Å². The second kappa shape index (κ2) is 6.15. The summed E-state index contributed by atoms with van der Waals surface area (Å²) in [6.45, 7) is 6.57. The third-order valence-corrected chi connectivity index (χ3v) is 7.47. The van der Waals surface area contributed by atoms with E-state index in [1.54, 1.807) is 4.98 Å². The number of rotatable bonds is 6. The van der Waals surface area contributed by atoms with Crippen LogP contribution in [-0.4, -0.2) is 22.9 Å². The summed E-state index contributed by atoms with van der Waals surface area (Å²) in [6, 6.07) is 0. The zero-order valence-electron chi connectivity index (χ0n) is 8.32. The van der Waals surface area contributed by atoms with Gasteiger partial charge in [0, 0.05) is 0 Å². The Bertz CT molecular complexity index is 86.1. The first-order valence-electron chi connectivity index (χ1n) is 4.85. The Morgan fingerprint density at radius 1 is 1.27 bits per heavy atom. The molecule has 0 aromatic heterocycles. The van der Waals surface area contributed by atoms with Crippen LogP contribution in [0.4, 0.5) is 0 Å². The summed E-state index contributed by atoms with van der Waals surface area (Å²) in [5, 5.41) is 0. The Morgan fingerprint density at radius 2 is 1.91 bits per heavy atom. The molecule has 0 aliphatic carbocycles. The number of hydrogen-bond donors (Lipinski definition) is 1. The van der Waals surface area contributed by atoms with Crippen LogP contribution in [0, 0.1) is 0 Å². The molecule has 0 atom stereocenters. The van der Waals surface area contributed by atoms with Crippen LogP contribution in [-0.2, 0) is 0 Å². The van der Waals surface area contributed by atoms with Crippen LogP contribution in [0.3, 0.4) is 0 Å². The van der Waals surface area contributed by atoms with Crippen LogP contribution in [0.15, 0.2) is 0 Å². The van der Waals surface area contributed by atoms with Crippen molar-refractivity contribution in [2.45, 2.75) is 55.5 Å². The van der Waals surface area contributed by atoms with Crippen molar-refractivity contribution >= 4 is 17.4 Å². The van der Waals surface area contributed by atoms with E-state index in [1.807, 2.05) is 0 Å². The van der Waals surface area contributed by atoms with Gasteiger partial charge in [0.25, 0.3) is 0 Å². The Labute approximate surface area is 78.9 Å². The number of hydrogen-bond acceptors (Lipinski definition) is 1. The standard InChI is InChI=1S/C5H11.C4H10N.Ga.H/c1-3-5-4-2;1-4(2,3)5;;/h1,3-5H2,2H3;1,5H2,2-3H3;;. The van der Waals surface area contributed by atoms with Crippen molar-refractivity contribution in [3.8, 4) is 0 Å². The van der Waals surface area contributed by atoms with E-state index in [1.165, 1.54) is 24.2 Å². The SMILES string of the molecule is CCCC[CH2][GaH][CH2]C(C)(C)N. The second-order valence-electron chi connectivity index (χ2n) is 4.15. The van der Waals surface area contributed by atoms with Crippen molar-refractivity contribution in [3.63, 3.8) is 0 Å². The van der Waals surface area contributed by atoms with Gasteiger partial charge >= 0.3 is 78.7 Å². The molecule has 11 heavy (non-hydrogen) atoms. The van der Waals surface area contributed by atoms with Gasteiger partial charge < -0.3 is 0 Å². The van der Waals surface area contributed by atoms with Crippen molar-refractivity contribution < 1.29 is 0 Å². The molecule has 0 amide bonds. The summed E-state index contributed by atoms with van der Waals surface area (Å²) < 4.78 is 0. The fraction of sp³-hybridized carbons (Fsp3) is 1.00. The van der Waals surface area contributed by atoms with Gasteiger partial charge in [0.05, 0.1) is 0 Å². The van der Waals surface area contributed by atoms with Gasteiger partial charge in [-0.05, 0) is 0 Å². The molecule has 66 valence electrons. The van der Waals surface area contributed by atoms with Crippen molar-refractivity contribution in [2.75, 3.05) is 0 Å². The normalized spacial score (nSPS) is 11.6. The molecule has 0 aliphatic rings. The van der Waals surface area contributed by atoms with Crippen LogP contribution in [0.2, 0.25) is 9.95 Å². The van der Waals surface area contributed by atoms with Gasteiger partial charge in [-0.15, -0.1) is 0 Å². The molecule has 2 heteroatoms. The van der Waals surface area contributed by atoms with Crippen molar-refractivity contribution in [1.29, 1.82) is 0 Å². The average Bonchev–Trinajstić information content (AvgIpc) is 1.85. The quantitative estimate of drug-likeness (QED) is 0.532. The Balaban J connectivity index is 3.02. The number of unbranched alkanes of at least 4 members (excludes halogenated alkanes) is 2. The molecule has 0 spiro atoms. The molecule has 2 N–H and O–H groups in total. The van der Waals surface area contributed by atoms with Gasteiger partial charge in [-0.2, -0.15) is 0 Å². The summed E-state index contributed by atoms with van der Waals surface area (Å²) in [7, 11) is 0. The Kier molecular flexibility index (Phi) is 6.48. The molecule has 0 aromatic rings. The summed E-state index contributed by atoms with van der Waals surface area (Å²) >= 11 is -0.235. The van der Waals surface area contributed by atoms with Gasteiger partial charge in [-0.1, -0.05) is 0 Å². The first-order chi connectivity index (χ1) is 5.06. The molecule has 1 nitrogen and oxygen atoms in total. The van der Waals surface area contributed by atoms with Gasteiger partial charge in [0.15, 0.2) is 0 Å². The zero-order valence-corrected chi connectivity index (χ0v) is 11.3. The van der Waals surface area contributed by atoms with Crippen LogP contribution in [0.5, 0.6) is 0 Å². The first-order valence-corrected chi connectivity index (χ1v) is 9.05. The van der Waals surface area contributed by atoms with E-state index < -0.39 is 0 Å². The van der Waals surface area contributed by atoms with E-state index in [4.69, 9.17) is 5.73 Å². The predicted molar refractivity (Wildman–Crippen MR) is 54.6 cm³/mol. The van der Waals surface area contributed by atoms with Crippen molar-refractivity contribution in [1.82, 2.24) is 0 Å². The van der Waals surface area contributed by atoms with E-state index in [0.29, 0.717) is 0 Å². The van der Waals surface area contributed by atoms with Gasteiger partial charge in [0.1, 0.15) is 0 Å². The maximum absolute atomic E-state index is 5.90. The molecule has 0 aliphatic heterocycles. The third-order valence-electron chi connectivity index (χ3n) is 1.92. The molecule has 0 saturated carbocycles. The topological polar surface area (TPSA) is 26.0 Å². The van der Waals surface area contributed by atoms with Crippen molar-refractivity contribution in [3.05, 3.63) is 0 Å². The summed E-state index contributed by atoms with van der Waals surface area (Å²) in [6.07, 6.45) is 4.25.